The summed E-state index contributed by atoms with van der Waals surface area (Å²) in [6, 6.07) is 4.10. The van der Waals surface area contributed by atoms with Gasteiger partial charge in [-0.3, -0.25) is 4.99 Å². The second-order valence-electron chi connectivity index (χ2n) is 6.06. The van der Waals surface area contributed by atoms with Crippen LogP contribution in [0.4, 0.5) is 0 Å². The van der Waals surface area contributed by atoms with E-state index >= 15 is 0 Å². The van der Waals surface area contributed by atoms with Crippen molar-refractivity contribution < 1.29 is 8.42 Å². The summed E-state index contributed by atoms with van der Waals surface area (Å²) in [6.07, 6.45) is 5.10. The molecule has 24 heavy (non-hydrogen) atoms. The van der Waals surface area contributed by atoms with Gasteiger partial charge in [0, 0.05) is 52.2 Å². The van der Waals surface area contributed by atoms with Crippen molar-refractivity contribution in [3.63, 3.8) is 0 Å². The van der Waals surface area contributed by atoms with Crippen LogP contribution in [0.3, 0.4) is 0 Å². The fraction of sp³-hybridized carbons (Fsp3) is 0.667. The van der Waals surface area contributed by atoms with Gasteiger partial charge in [0.1, 0.15) is 0 Å². The summed E-state index contributed by atoms with van der Waals surface area (Å²) in [6.45, 7) is 1.93. The van der Waals surface area contributed by atoms with Crippen LogP contribution in [0, 0.1) is 0 Å². The van der Waals surface area contributed by atoms with Gasteiger partial charge in [0.2, 0.25) is 10.0 Å². The maximum Gasteiger partial charge on any atom is 0.211 e. The number of nitrogens with zero attached hydrogens (tertiary/aromatic N) is 4. The predicted molar refractivity (Wildman–Crippen MR) is 108 cm³/mol. The van der Waals surface area contributed by atoms with Gasteiger partial charge >= 0.3 is 0 Å². The van der Waals surface area contributed by atoms with Crippen LogP contribution in [-0.2, 0) is 23.6 Å². The van der Waals surface area contributed by atoms with Crippen molar-refractivity contribution in [1.29, 1.82) is 0 Å². The Morgan fingerprint density at radius 1 is 1.50 bits per heavy atom. The highest BCUT2D eigenvalue weighted by Gasteiger charge is 2.31. The molecule has 0 unspecified atom stereocenters. The summed E-state index contributed by atoms with van der Waals surface area (Å²) in [5.74, 6) is 0.770. The van der Waals surface area contributed by atoms with E-state index in [0.717, 1.165) is 25.3 Å². The summed E-state index contributed by atoms with van der Waals surface area (Å²) >= 11 is 0. The Kier molecular flexibility index (Phi) is 8.00. The molecule has 138 valence electrons. The molecule has 0 spiro atoms. The van der Waals surface area contributed by atoms with E-state index in [-0.39, 0.29) is 30.0 Å². The zero-order valence-corrected chi connectivity index (χ0v) is 17.9. The van der Waals surface area contributed by atoms with Crippen LogP contribution < -0.4 is 5.32 Å². The number of sulfonamides is 1. The maximum absolute atomic E-state index is 11.8. The van der Waals surface area contributed by atoms with E-state index in [1.807, 2.05) is 31.3 Å². The first-order valence-electron chi connectivity index (χ1n) is 7.81. The van der Waals surface area contributed by atoms with Crippen molar-refractivity contribution in [2.45, 2.75) is 25.4 Å². The lowest BCUT2D eigenvalue weighted by molar-refractivity contribution is 0.379. The van der Waals surface area contributed by atoms with E-state index in [1.165, 1.54) is 11.9 Å². The fourth-order valence-corrected chi connectivity index (χ4v) is 4.20. The van der Waals surface area contributed by atoms with Crippen molar-refractivity contribution in [2.75, 3.05) is 33.4 Å². The number of hydrogen-bond donors (Lipinski definition) is 1. The molecule has 0 radical (unpaired) electrons. The molecule has 1 aromatic rings. The Balaban J connectivity index is 0.00000288. The molecular weight excluding hydrogens is 441 g/mol. The summed E-state index contributed by atoms with van der Waals surface area (Å²) in [5, 5.41) is 3.31. The fourth-order valence-electron chi connectivity index (χ4n) is 3.02. The highest BCUT2D eigenvalue weighted by Crippen LogP contribution is 2.19. The lowest BCUT2D eigenvalue weighted by Crippen LogP contribution is -2.46. The summed E-state index contributed by atoms with van der Waals surface area (Å²) < 4.78 is 27.3. The van der Waals surface area contributed by atoms with Crippen LogP contribution in [0.15, 0.2) is 23.3 Å². The van der Waals surface area contributed by atoms with E-state index in [1.54, 1.807) is 11.4 Å². The van der Waals surface area contributed by atoms with Crippen LogP contribution in [0.2, 0.25) is 0 Å². The zero-order chi connectivity index (χ0) is 17.0. The molecule has 2 heterocycles. The lowest BCUT2D eigenvalue weighted by atomic mass is 10.2. The molecule has 0 aliphatic carbocycles. The van der Waals surface area contributed by atoms with Crippen molar-refractivity contribution in [3.05, 3.63) is 24.0 Å². The minimum Gasteiger partial charge on any atom is -0.355 e. The average molecular weight is 469 g/mol. The first-order valence-corrected chi connectivity index (χ1v) is 9.66. The second-order valence-corrected chi connectivity index (χ2v) is 8.00. The number of aliphatic imine (C=N–C) groups is 1. The number of aryl methyl sites for hydroxylation is 1. The standard InChI is InChI=1S/C15H27N5O2S.HI/c1-16-15(19(3)12-14-8-5-9-18(14)2)17-11-13-7-6-10-20(13)23(4,21)22;/h5,8-9,13H,6-7,10-12H2,1-4H3,(H,16,17);1H/t13-;/m1./s1. The van der Waals surface area contributed by atoms with E-state index in [9.17, 15) is 8.42 Å². The largest absolute Gasteiger partial charge is 0.355 e. The molecule has 1 aliphatic heterocycles. The van der Waals surface area contributed by atoms with E-state index in [2.05, 4.69) is 20.9 Å². The highest BCUT2D eigenvalue weighted by molar-refractivity contribution is 14.0. The summed E-state index contributed by atoms with van der Waals surface area (Å²) in [7, 11) is 2.60. The normalized spacial score (nSPS) is 19.2. The summed E-state index contributed by atoms with van der Waals surface area (Å²) in [5.41, 5.74) is 1.19. The molecule has 9 heteroatoms. The van der Waals surface area contributed by atoms with E-state index < -0.39 is 10.0 Å². The number of aromatic nitrogens is 1. The SMILES string of the molecule is CN=C(NC[C@H]1CCCN1S(C)(=O)=O)N(C)Cc1cccn1C.I. The van der Waals surface area contributed by atoms with Crippen LogP contribution >= 0.6 is 24.0 Å². The Bertz CT molecular complexity index is 659. The maximum atomic E-state index is 11.8. The van der Waals surface area contributed by atoms with Gasteiger partial charge in [0.05, 0.1) is 12.8 Å². The van der Waals surface area contributed by atoms with Crippen LogP contribution in [0.25, 0.3) is 0 Å². The molecule has 1 aliphatic rings. The Morgan fingerprint density at radius 2 is 2.21 bits per heavy atom. The monoisotopic (exact) mass is 469 g/mol. The minimum absolute atomic E-state index is 0. The van der Waals surface area contributed by atoms with Crippen LogP contribution in [-0.4, -0.2) is 67.6 Å². The Labute approximate surface area is 162 Å². The molecule has 2 rings (SSSR count). The van der Waals surface area contributed by atoms with Crippen LogP contribution in [0.1, 0.15) is 18.5 Å². The molecule has 1 fully saturated rings. The average Bonchev–Trinajstić information content (AvgIpc) is 3.09. The number of hydrogen-bond acceptors (Lipinski definition) is 3. The van der Waals surface area contributed by atoms with Crippen molar-refractivity contribution >= 4 is 40.0 Å². The number of halogens is 1. The number of nitrogens with one attached hydrogen (secondary N) is 1. The van der Waals surface area contributed by atoms with E-state index in [4.69, 9.17) is 0 Å². The molecule has 1 aromatic heterocycles. The molecule has 0 amide bonds. The van der Waals surface area contributed by atoms with Gasteiger partial charge in [-0.2, -0.15) is 4.31 Å². The number of guanidine groups is 1. The van der Waals surface area contributed by atoms with Crippen molar-refractivity contribution in [2.24, 2.45) is 12.0 Å². The minimum atomic E-state index is -3.14. The molecule has 0 saturated carbocycles. The Morgan fingerprint density at radius 3 is 2.75 bits per heavy atom. The van der Waals surface area contributed by atoms with Gasteiger partial charge in [-0.05, 0) is 25.0 Å². The zero-order valence-electron chi connectivity index (χ0n) is 14.8. The van der Waals surface area contributed by atoms with Gasteiger partial charge in [0.15, 0.2) is 5.96 Å². The number of rotatable bonds is 5. The third kappa shape index (κ3) is 5.35. The van der Waals surface area contributed by atoms with Gasteiger partial charge in [-0.25, -0.2) is 8.42 Å². The van der Waals surface area contributed by atoms with Gasteiger partial charge in [-0.15, -0.1) is 24.0 Å². The predicted octanol–water partition coefficient (Wildman–Crippen LogP) is 1.07. The second kappa shape index (κ2) is 9.04. The molecule has 7 nitrogen and oxygen atoms in total. The van der Waals surface area contributed by atoms with E-state index in [0.29, 0.717) is 13.1 Å². The van der Waals surface area contributed by atoms with Gasteiger partial charge < -0.3 is 14.8 Å². The first-order chi connectivity index (χ1) is 10.8. The smallest absolute Gasteiger partial charge is 0.211 e. The molecule has 1 saturated heterocycles. The molecule has 0 aromatic carbocycles. The van der Waals surface area contributed by atoms with Gasteiger partial charge in [0.25, 0.3) is 0 Å². The quantitative estimate of drug-likeness (QED) is 0.398. The Hall–Kier alpha value is -0.810. The topological polar surface area (TPSA) is 69.9 Å². The first kappa shape index (κ1) is 21.2. The molecule has 1 atom stereocenters. The molecule has 0 bridgehead atoms. The van der Waals surface area contributed by atoms with Crippen molar-refractivity contribution in [3.8, 4) is 0 Å². The van der Waals surface area contributed by atoms with Crippen molar-refractivity contribution in [1.82, 2.24) is 19.1 Å². The third-order valence-electron chi connectivity index (χ3n) is 4.27. The highest BCUT2D eigenvalue weighted by atomic mass is 127. The lowest BCUT2D eigenvalue weighted by Gasteiger charge is -2.26. The summed E-state index contributed by atoms with van der Waals surface area (Å²) in [4.78, 5) is 6.34. The third-order valence-corrected chi connectivity index (χ3v) is 5.60. The molecular formula is C15H28IN5O2S. The molecule has 1 N–H and O–H groups in total. The van der Waals surface area contributed by atoms with Crippen LogP contribution in [0.5, 0.6) is 0 Å². The van der Waals surface area contributed by atoms with Gasteiger partial charge in [-0.1, -0.05) is 0 Å².